The summed E-state index contributed by atoms with van der Waals surface area (Å²) in [4.78, 5) is 8.37. The molecule has 3 heteroatoms. The van der Waals surface area contributed by atoms with Crippen LogP contribution in [0.25, 0.3) is 0 Å². The SMILES string of the molecule is CN1CCCC(CN2CCCCC(CN3CCCC4CCCCC43)CC2)CC1. The summed E-state index contributed by atoms with van der Waals surface area (Å²) in [7, 11) is 2.31. The van der Waals surface area contributed by atoms with E-state index in [9.17, 15) is 0 Å². The van der Waals surface area contributed by atoms with Crippen molar-refractivity contribution < 1.29 is 0 Å². The topological polar surface area (TPSA) is 9.72 Å². The maximum atomic E-state index is 2.96. The van der Waals surface area contributed by atoms with Crippen molar-refractivity contribution >= 4 is 0 Å². The Morgan fingerprint density at radius 2 is 1.29 bits per heavy atom. The molecule has 4 unspecified atom stereocenters. The highest BCUT2D eigenvalue weighted by Crippen LogP contribution is 2.36. The molecule has 0 aromatic heterocycles. The second kappa shape index (κ2) is 10.8. The van der Waals surface area contributed by atoms with Crippen LogP contribution in [0.4, 0.5) is 0 Å². The third-order valence-electron chi connectivity index (χ3n) is 8.63. The molecule has 0 aromatic carbocycles. The first-order valence-electron chi connectivity index (χ1n) is 12.9. The molecule has 3 aliphatic heterocycles. The molecule has 0 bridgehead atoms. The first-order valence-corrected chi connectivity index (χ1v) is 12.9. The van der Waals surface area contributed by atoms with Crippen LogP contribution in [-0.4, -0.2) is 73.6 Å². The minimum atomic E-state index is 0.951. The van der Waals surface area contributed by atoms with E-state index in [2.05, 4.69) is 21.7 Å². The zero-order valence-electron chi connectivity index (χ0n) is 18.8. The van der Waals surface area contributed by atoms with E-state index in [1.165, 1.54) is 129 Å². The van der Waals surface area contributed by atoms with Crippen LogP contribution >= 0.6 is 0 Å². The molecule has 1 saturated carbocycles. The van der Waals surface area contributed by atoms with Gasteiger partial charge in [-0.15, -0.1) is 0 Å². The van der Waals surface area contributed by atoms with Gasteiger partial charge in [0.1, 0.15) is 0 Å². The van der Waals surface area contributed by atoms with Crippen LogP contribution in [-0.2, 0) is 0 Å². The Kier molecular flexibility index (Phi) is 8.13. The lowest BCUT2D eigenvalue weighted by atomic mass is 9.78. The normalized spacial score (nSPS) is 37.6. The van der Waals surface area contributed by atoms with Gasteiger partial charge in [0.25, 0.3) is 0 Å². The number of likely N-dealkylation sites (tertiary alicyclic amines) is 3. The van der Waals surface area contributed by atoms with Crippen LogP contribution in [0.5, 0.6) is 0 Å². The van der Waals surface area contributed by atoms with Crippen molar-refractivity contribution in [2.24, 2.45) is 17.8 Å². The van der Waals surface area contributed by atoms with Crippen molar-refractivity contribution in [3.05, 3.63) is 0 Å². The van der Waals surface area contributed by atoms with Gasteiger partial charge in [0.05, 0.1) is 0 Å². The van der Waals surface area contributed by atoms with Crippen LogP contribution < -0.4 is 0 Å². The number of hydrogen-bond acceptors (Lipinski definition) is 3. The van der Waals surface area contributed by atoms with Gasteiger partial charge in [-0.25, -0.2) is 0 Å². The molecule has 0 radical (unpaired) electrons. The molecular weight excluding hydrogens is 342 g/mol. The smallest absolute Gasteiger partial charge is 0.0124 e. The van der Waals surface area contributed by atoms with Crippen LogP contribution in [0.2, 0.25) is 0 Å². The van der Waals surface area contributed by atoms with Crippen molar-refractivity contribution in [1.82, 2.24) is 14.7 Å². The van der Waals surface area contributed by atoms with E-state index in [1.54, 1.807) is 0 Å². The molecule has 0 spiro atoms. The maximum Gasteiger partial charge on any atom is 0.0124 e. The van der Waals surface area contributed by atoms with Crippen molar-refractivity contribution in [2.75, 3.05) is 52.9 Å². The van der Waals surface area contributed by atoms with Crippen LogP contribution in [0.15, 0.2) is 0 Å². The lowest BCUT2D eigenvalue weighted by Crippen LogP contribution is -2.48. The molecule has 4 rings (SSSR count). The average Bonchev–Trinajstić information content (AvgIpc) is 2.91. The van der Waals surface area contributed by atoms with Gasteiger partial charge in [0, 0.05) is 19.1 Å². The van der Waals surface area contributed by atoms with Crippen LogP contribution in [0.3, 0.4) is 0 Å². The Hall–Kier alpha value is -0.120. The minimum Gasteiger partial charge on any atom is -0.306 e. The summed E-state index contributed by atoms with van der Waals surface area (Å²) < 4.78 is 0. The number of rotatable bonds is 4. The van der Waals surface area contributed by atoms with Crippen LogP contribution in [0, 0.1) is 17.8 Å². The summed E-state index contributed by atoms with van der Waals surface area (Å²) >= 11 is 0. The van der Waals surface area contributed by atoms with E-state index in [-0.39, 0.29) is 0 Å². The third-order valence-corrected chi connectivity index (χ3v) is 8.63. The van der Waals surface area contributed by atoms with Gasteiger partial charge in [-0.1, -0.05) is 19.3 Å². The minimum absolute atomic E-state index is 0.951. The Balaban J connectivity index is 1.26. The fourth-order valence-electron chi connectivity index (χ4n) is 6.90. The standard InChI is InChI=1S/C25H47N3/c1-26-15-6-9-22(13-18-26)20-27-16-5-4-8-23(14-19-27)21-28-17-7-11-24-10-2-3-12-25(24)28/h22-25H,2-21H2,1H3. The molecule has 4 aliphatic rings. The number of nitrogens with zero attached hydrogens (tertiary/aromatic N) is 3. The molecule has 3 heterocycles. The Labute approximate surface area is 175 Å². The predicted octanol–water partition coefficient (Wildman–Crippen LogP) is 4.87. The van der Waals surface area contributed by atoms with E-state index in [4.69, 9.17) is 0 Å². The Bertz CT molecular complexity index is 451. The molecule has 0 aromatic rings. The molecule has 28 heavy (non-hydrogen) atoms. The lowest BCUT2D eigenvalue weighted by molar-refractivity contribution is 0.0416. The van der Waals surface area contributed by atoms with Gasteiger partial charge < -0.3 is 9.80 Å². The Morgan fingerprint density at radius 3 is 2.25 bits per heavy atom. The monoisotopic (exact) mass is 389 g/mol. The highest BCUT2D eigenvalue weighted by molar-refractivity contribution is 4.88. The summed E-state index contributed by atoms with van der Waals surface area (Å²) in [6.07, 6.45) is 19.2. The molecule has 3 saturated heterocycles. The van der Waals surface area contributed by atoms with Gasteiger partial charge in [0.2, 0.25) is 0 Å². The van der Waals surface area contributed by atoms with E-state index in [0.29, 0.717) is 0 Å². The lowest BCUT2D eigenvalue weighted by Gasteiger charge is -2.45. The Morgan fingerprint density at radius 1 is 0.571 bits per heavy atom. The summed E-state index contributed by atoms with van der Waals surface area (Å²) in [6.45, 7) is 9.58. The van der Waals surface area contributed by atoms with E-state index in [0.717, 1.165) is 23.8 Å². The fraction of sp³-hybridized carbons (Fsp3) is 1.00. The molecule has 3 nitrogen and oxygen atoms in total. The molecule has 1 aliphatic carbocycles. The zero-order chi connectivity index (χ0) is 19.2. The van der Waals surface area contributed by atoms with Gasteiger partial charge in [-0.2, -0.15) is 0 Å². The first-order chi connectivity index (χ1) is 13.8. The summed E-state index contributed by atoms with van der Waals surface area (Å²) in [5.74, 6) is 2.96. The highest BCUT2D eigenvalue weighted by atomic mass is 15.2. The zero-order valence-corrected chi connectivity index (χ0v) is 18.8. The van der Waals surface area contributed by atoms with E-state index >= 15 is 0 Å². The first kappa shape index (κ1) is 21.1. The van der Waals surface area contributed by atoms with Crippen molar-refractivity contribution in [3.8, 4) is 0 Å². The molecule has 0 amide bonds. The average molecular weight is 390 g/mol. The third kappa shape index (κ3) is 5.95. The highest BCUT2D eigenvalue weighted by Gasteiger charge is 2.34. The van der Waals surface area contributed by atoms with Gasteiger partial charge in [0.15, 0.2) is 0 Å². The van der Waals surface area contributed by atoms with Crippen molar-refractivity contribution in [2.45, 2.75) is 89.5 Å². The number of piperidine rings is 1. The van der Waals surface area contributed by atoms with Crippen molar-refractivity contribution in [3.63, 3.8) is 0 Å². The molecule has 0 N–H and O–H groups in total. The molecular formula is C25H47N3. The van der Waals surface area contributed by atoms with Gasteiger partial charge >= 0.3 is 0 Å². The summed E-state index contributed by atoms with van der Waals surface area (Å²) in [5.41, 5.74) is 0. The second-order valence-electron chi connectivity index (χ2n) is 10.8. The fourth-order valence-corrected chi connectivity index (χ4v) is 6.90. The molecule has 4 atom stereocenters. The molecule has 4 fully saturated rings. The van der Waals surface area contributed by atoms with Gasteiger partial charge in [-0.3, -0.25) is 4.90 Å². The van der Waals surface area contributed by atoms with Crippen molar-refractivity contribution in [1.29, 1.82) is 0 Å². The van der Waals surface area contributed by atoms with Crippen LogP contribution in [0.1, 0.15) is 83.5 Å². The maximum absolute atomic E-state index is 2.96. The quantitative estimate of drug-likeness (QED) is 0.679. The molecule has 162 valence electrons. The second-order valence-corrected chi connectivity index (χ2v) is 10.8. The van der Waals surface area contributed by atoms with E-state index < -0.39 is 0 Å². The number of hydrogen-bond donors (Lipinski definition) is 0. The predicted molar refractivity (Wildman–Crippen MR) is 120 cm³/mol. The van der Waals surface area contributed by atoms with Gasteiger partial charge in [-0.05, 0) is 122 Å². The number of fused-ring (bicyclic) bond motifs is 1. The van der Waals surface area contributed by atoms with E-state index in [1.807, 2.05) is 0 Å². The summed E-state index contributed by atoms with van der Waals surface area (Å²) in [6, 6.07) is 0.951. The largest absolute Gasteiger partial charge is 0.306 e. The summed E-state index contributed by atoms with van der Waals surface area (Å²) in [5, 5.41) is 0.